The van der Waals surface area contributed by atoms with Gasteiger partial charge < -0.3 is 20.7 Å². The van der Waals surface area contributed by atoms with Crippen molar-refractivity contribution in [1.82, 2.24) is 19.9 Å². The fourth-order valence-electron chi connectivity index (χ4n) is 2.64. The molecule has 1 amide bonds. The van der Waals surface area contributed by atoms with Crippen LogP contribution in [0.1, 0.15) is 22.3 Å². The van der Waals surface area contributed by atoms with Crippen molar-refractivity contribution in [2.75, 3.05) is 6.54 Å². The zero-order valence-electron chi connectivity index (χ0n) is 15.4. The zero-order valence-corrected chi connectivity index (χ0v) is 18.8. The normalized spacial score (nSPS) is 9.97. The van der Waals surface area contributed by atoms with Gasteiger partial charge in [0, 0.05) is 30.9 Å². The second kappa shape index (κ2) is 10.1. The number of aliphatic carboxylic acids is 1. The van der Waals surface area contributed by atoms with Crippen LogP contribution < -0.4 is 11.1 Å². The number of hydrogen-bond acceptors (Lipinski definition) is 5. The van der Waals surface area contributed by atoms with Gasteiger partial charge in [0.2, 0.25) is 0 Å². The van der Waals surface area contributed by atoms with Crippen molar-refractivity contribution < 1.29 is 14.7 Å². The van der Waals surface area contributed by atoms with E-state index in [4.69, 9.17) is 16.2 Å². The summed E-state index contributed by atoms with van der Waals surface area (Å²) in [6.07, 6.45) is 1.29. The first-order chi connectivity index (χ1) is 12.9. The average Bonchev–Trinajstić information content (AvgIpc) is 2.97. The highest BCUT2D eigenvalue weighted by molar-refractivity contribution is 8.93. The molecule has 1 aromatic carbocycles. The number of nitrogens with zero attached hydrogens (tertiary/aromatic N) is 3. The molecule has 2 heterocycles. The van der Waals surface area contributed by atoms with Crippen molar-refractivity contribution in [3.63, 3.8) is 0 Å². The lowest BCUT2D eigenvalue weighted by Gasteiger charge is -2.04. The van der Waals surface area contributed by atoms with Gasteiger partial charge in [-0.2, -0.15) is 0 Å². The smallest absolute Gasteiger partial charge is 0.305 e. The Labute approximate surface area is 187 Å². The van der Waals surface area contributed by atoms with Gasteiger partial charge in [-0.15, -0.1) is 34.0 Å². The quantitative estimate of drug-likeness (QED) is 0.285. The van der Waals surface area contributed by atoms with Crippen LogP contribution >= 0.6 is 34.0 Å². The Morgan fingerprint density at radius 2 is 1.86 bits per heavy atom. The molecule has 0 bridgehead atoms. The molecule has 29 heavy (non-hydrogen) atoms. The highest BCUT2D eigenvalue weighted by Gasteiger charge is 2.14. The van der Waals surface area contributed by atoms with Crippen LogP contribution in [0.4, 0.5) is 0 Å². The highest BCUT2D eigenvalue weighted by Crippen LogP contribution is 2.23. The van der Waals surface area contributed by atoms with Gasteiger partial charge in [-0.05, 0) is 6.07 Å². The number of aryl methyl sites for hydroxylation is 1. The number of nitrogens with one attached hydrogen (secondary N) is 2. The van der Waals surface area contributed by atoms with Crippen LogP contribution in [-0.2, 0) is 11.8 Å². The lowest BCUT2D eigenvalue weighted by molar-refractivity contribution is -0.136. The standard InChI is InChI=1S/C18H18N6O3.2BrH/c1-24-16(11-4-2-10(3-5-11)15(19)20)23-13-8-12(9-22-17(13)24)18(27)21-7-6-14(25)26;;/h2-5,8-9H,6-7H2,1H3,(H3,19,20)(H,21,27)(H,25,26);2*1H. The Kier molecular flexibility index (Phi) is 8.46. The average molecular weight is 528 g/mol. The van der Waals surface area contributed by atoms with E-state index in [0.29, 0.717) is 28.1 Å². The van der Waals surface area contributed by atoms with Crippen LogP contribution in [0.3, 0.4) is 0 Å². The van der Waals surface area contributed by atoms with Gasteiger partial charge >= 0.3 is 5.97 Å². The summed E-state index contributed by atoms with van der Waals surface area (Å²) < 4.78 is 1.81. The maximum Gasteiger partial charge on any atom is 0.305 e. The van der Waals surface area contributed by atoms with Crippen molar-refractivity contribution in [2.45, 2.75) is 6.42 Å². The Morgan fingerprint density at radius 1 is 1.21 bits per heavy atom. The molecule has 3 rings (SSSR count). The fourth-order valence-corrected chi connectivity index (χ4v) is 2.64. The lowest BCUT2D eigenvalue weighted by atomic mass is 10.1. The second-order valence-corrected chi connectivity index (χ2v) is 5.95. The molecule has 0 radical (unpaired) electrons. The molecular weight excluding hydrogens is 508 g/mol. The summed E-state index contributed by atoms with van der Waals surface area (Å²) in [5.41, 5.74) is 8.39. The minimum absolute atomic E-state index is 0. The number of imidazole rings is 1. The number of carbonyl (C=O) groups excluding carboxylic acids is 1. The monoisotopic (exact) mass is 526 g/mol. The molecule has 2 aromatic heterocycles. The molecule has 0 fully saturated rings. The number of benzene rings is 1. The van der Waals surface area contributed by atoms with E-state index in [9.17, 15) is 9.59 Å². The first kappa shape index (κ1) is 24.2. The van der Waals surface area contributed by atoms with Gasteiger partial charge in [-0.1, -0.05) is 24.3 Å². The molecule has 9 nitrogen and oxygen atoms in total. The van der Waals surface area contributed by atoms with Crippen LogP contribution in [0.25, 0.3) is 22.6 Å². The second-order valence-electron chi connectivity index (χ2n) is 5.95. The third-order valence-electron chi connectivity index (χ3n) is 4.05. The van der Waals surface area contributed by atoms with E-state index in [1.165, 1.54) is 6.20 Å². The molecule has 5 N–H and O–H groups in total. The maximum atomic E-state index is 12.1. The maximum absolute atomic E-state index is 12.1. The first-order valence-corrected chi connectivity index (χ1v) is 8.14. The Hall–Kier alpha value is -2.79. The van der Waals surface area contributed by atoms with Crippen molar-refractivity contribution in [2.24, 2.45) is 12.8 Å². The fraction of sp³-hybridized carbons (Fsp3) is 0.167. The van der Waals surface area contributed by atoms with Crippen LogP contribution in [0.2, 0.25) is 0 Å². The number of nitrogens with two attached hydrogens (primary N) is 1. The molecular formula is C18H20Br2N6O3. The first-order valence-electron chi connectivity index (χ1n) is 8.14. The number of carboxylic acids is 1. The molecule has 154 valence electrons. The van der Waals surface area contributed by atoms with E-state index in [0.717, 1.165) is 5.56 Å². The summed E-state index contributed by atoms with van der Waals surface area (Å²) >= 11 is 0. The van der Waals surface area contributed by atoms with Crippen LogP contribution in [0, 0.1) is 5.41 Å². The predicted molar refractivity (Wildman–Crippen MR) is 120 cm³/mol. The largest absolute Gasteiger partial charge is 0.481 e. The number of halogens is 2. The van der Waals surface area contributed by atoms with E-state index in [-0.39, 0.29) is 52.8 Å². The van der Waals surface area contributed by atoms with Crippen molar-refractivity contribution in [1.29, 1.82) is 5.41 Å². The Morgan fingerprint density at radius 3 is 2.45 bits per heavy atom. The number of rotatable bonds is 6. The molecule has 0 aliphatic carbocycles. The number of amidine groups is 1. The number of carboxylic acid groups (broad SMARTS) is 1. The Balaban J connectivity index is 0.00000210. The zero-order chi connectivity index (χ0) is 19.6. The summed E-state index contributed by atoms with van der Waals surface area (Å²) in [6, 6.07) is 8.73. The predicted octanol–water partition coefficient (Wildman–Crippen LogP) is 2.28. The Bertz CT molecular complexity index is 1050. The van der Waals surface area contributed by atoms with Gasteiger partial charge in [0.25, 0.3) is 5.91 Å². The molecule has 0 saturated carbocycles. The van der Waals surface area contributed by atoms with E-state index >= 15 is 0 Å². The summed E-state index contributed by atoms with van der Waals surface area (Å²) in [4.78, 5) is 31.5. The number of fused-ring (bicyclic) bond motifs is 1. The summed E-state index contributed by atoms with van der Waals surface area (Å²) in [7, 11) is 1.82. The highest BCUT2D eigenvalue weighted by atomic mass is 79.9. The molecule has 3 aromatic rings. The molecule has 0 unspecified atom stereocenters. The van der Waals surface area contributed by atoms with Gasteiger partial charge in [-0.25, -0.2) is 9.97 Å². The van der Waals surface area contributed by atoms with Crippen LogP contribution in [0.5, 0.6) is 0 Å². The molecule has 0 spiro atoms. The van der Waals surface area contributed by atoms with Crippen molar-refractivity contribution in [3.05, 3.63) is 47.7 Å². The molecule has 0 saturated heterocycles. The van der Waals surface area contributed by atoms with Gasteiger partial charge in [0.05, 0.1) is 12.0 Å². The van der Waals surface area contributed by atoms with Gasteiger partial charge in [0.15, 0.2) is 5.65 Å². The van der Waals surface area contributed by atoms with E-state index in [1.807, 2.05) is 23.7 Å². The lowest BCUT2D eigenvalue weighted by Crippen LogP contribution is -2.26. The van der Waals surface area contributed by atoms with E-state index < -0.39 is 11.9 Å². The van der Waals surface area contributed by atoms with E-state index in [1.54, 1.807) is 18.2 Å². The molecule has 0 atom stereocenters. The number of hydrogen-bond donors (Lipinski definition) is 4. The molecule has 0 aliphatic heterocycles. The number of aromatic nitrogens is 3. The number of amides is 1. The molecule has 0 aliphatic rings. The van der Waals surface area contributed by atoms with E-state index in [2.05, 4.69) is 15.3 Å². The van der Waals surface area contributed by atoms with Gasteiger partial charge in [0.1, 0.15) is 17.2 Å². The summed E-state index contributed by atoms with van der Waals surface area (Å²) in [5, 5.41) is 18.6. The van der Waals surface area contributed by atoms with Gasteiger partial charge in [-0.3, -0.25) is 15.0 Å². The van der Waals surface area contributed by atoms with Crippen LogP contribution in [-0.4, -0.2) is 43.9 Å². The van der Waals surface area contributed by atoms with Crippen molar-refractivity contribution >= 4 is 62.8 Å². The minimum atomic E-state index is -0.978. The number of carbonyl (C=O) groups is 2. The minimum Gasteiger partial charge on any atom is -0.481 e. The third-order valence-corrected chi connectivity index (χ3v) is 4.05. The topological polar surface area (TPSA) is 147 Å². The summed E-state index contributed by atoms with van der Waals surface area (Å²) in [6.45, 7) is 0.0438. The SMILES string of the molecule is Br.Br.Cn1c(-c2ccc(C(=N)N)cc2)nc2cc(C(=O)NCCC(=O)O)cnc21. The number of nitrogen functional groups attached to an aromatic ring is 1. The molecule has 11 heteroatoms. The van der Waals surface area contributed by atoms with Crippen molar-refractivity contribution in [3.8, 4) is 11.4 Å². The third kappa shape index (κ3) is 5.39. The number of pyridine rings is 1. The van der Waals surface area contributed by atoms with Crippen LogP contribution in [0.15, 0.2) is 36.5 Å². The summed E-state index contributed by atoms with van der Waals surface area (Å²) in [5.74, 6) is -0.722.